The lowest BCUT2D eigenvalue weighted by molar-refractivity contribution is -0.133. The molecular formula is C17H22N2O3. The average molecular weight is 302 g/mol. The van der Waals surface area contributed by atoms with E-state index in [1.54, 1.807) is 0 Å². The van der Waals surface area contributed by atoms with E-state index in [-0.39, 0.29) is 23.7 Å². The second kappa shape index (κ2) is 6.38. The Bertz CT molecular complexity index is 550. The number of carbonyl (C=O) groups excluding carboxylic acids is 2. The maximum absolute atomic E-state index is 12.2. The normalized spacial score (nSPS) is 23.2. The van der Waals surface area contributed by atoms with Crippen molar-refractivity contribution in [1.82, 2.24) is 4.90 Å². The zero-order chi connectivity index (χ0) is 15.5. The van der Waals surface area contributed by atoms with E-state index in [2.05, 4.69) is 5.32 Å². The van der Waals surface area contributed by atoms with Gasteiger partial charge in [0, 0.05) is 18.8 Å². The van der Waals surface area contributed by atoms with Crippen LogP contribution in [-0.2, 0) is 9.59 Å². The Balaban J connectivity index is 1.51. The van der Waals surface area contributed by atoms with Crippen LogP contribution in [0.4, 0.5) is 5.69 Å². The van der Waals surface area contributed by atoms with Crippen LogP contribution in [0.25, 0.3) is 0 Å². The average Bonchev–Trinajstić information content (AvgIpc) is 3.14. The fourth-order valence-electron chi connectivity index (χ4n) is 2.97. The summed E-state index contributed by atoms with van der Waals surface area (Å²) in [5, 5.41) is 2.88. The van der Waals surface area contributed by atoms with Crippen LogP contribution in [0.3, 0.4) is 0 Å². The lowest BCUT2D eigenvalue weighted by Crippen LogP contribution is -2.30. The van der Waals surface area contributed by atoms with Gasteiger partial charge in [-0.05, 0) is 50.5 Å². The number of hydrogen-bond donors (Lipinski definition) is 1. The first-order valence-corrected chi connectivity index (χ1v) is 8.01. The van der Waals surface area contributed by atoms with Gasteiger partial charge in [-0.15, -0.1) is 0 Å². The summed E-state index contributed by atoms with van der Waals surface area (Å²) in [5.41, 5.74) is 0.743. The molecule has 2 unspecified atom stereocenters. The van der Waals surface area contributed by atoms with Gasteiger partial charge in [-0.3, -0.25) is 9.59 Å². The monoisotopic (exact) mass is 302 g/mol. The number of hydrogen-bond acceptors (Lipinski definition) is 3. The summed E-state index contributed by atoms with van der Waals surface area (Å²) in [6.45, 7) is 4.25. The summed E-state index contributed by atoms with van der Waals surface area (Å²) in [6.07, 6.45) is 2.85. The van der Waals surface area contributed by atoms with E-state index in [0.717, 1.165) is 37.4 Å². The molecule has 2 amide bonds. The van der Waals surface area contributed by atoms with Gasteiger partial charge in [-0.2, -0.15) is 0 Å². The molecule has 1 saturated carbocycles. The molecule has 22 heavy (non-hydrogen) atoms. The summed E-state index contributed by atoms with van der Waals surface area (Å²) in [4.78, 5) is 26.3. The SMILES string of the molecule is CCOc1ccc(NC(=O)C2CC2C(=O)N2CCCC2)cc1. The third-order valence-electron chi connectivity index (χ3n) is 4.30. The third kappa shape index (κ3) is 3.24. The first-order valence-electron chi connectivity index (χ1n) is 8.01. The van der Waals surface area contributed by atoms with Crippen LogP contribution in [0.5, 0.6) is 5.75 Å². The molecule has 5 heteroatoms. The molecule has 118 valence electrons. The Kier molecular flexibility index (Phi) is 4.32. The van der Waals surface area contributed by atoms with E-state index >= 15 is 0 Å². The van der Waals surface area contributed by atoms with E-state index in [1.807, 2.05) is 36.1 Å². The maximum Gasteiger partial charge on any atom is 0.228 e. The number of anilines is 1. The highest BCUT2D eigenvalue weighted by molar-refractivity contribution is 5.99. The molecule has 1 heterocycles. The van der Waals surface area contributed by atoms with Crippen molar-refractivity contribution in [2.45, 2.75) is 26.2 Å². The molecule has 1 N–H and O–H groups in total. The van der Waals surface area contributed by atoms with Gasteiger partial charge in [-0.25, -0.2) is 0 Å². The number of likely N-dealkylation sites (tertiary alicyclic amines) is 1. The summed E-state index contributed by atoms with van der Waals surface area (Å²) >= 11 is 0. The van der Waals surface area contributed by atoms with Crippen molar-refractivity contribution in [3.05, 3.63) is 24.3 Å². The minimum atomic E-state index is -0.167. The number of carbonyl (C=O) groups is 2. The zero-order valence-corrected chi connectivity index (χ0v) is 12.9. The molecule has 3 rings (SSSR count). The van der Waals surface area contributed by atoms with Crippen LogP contribution >= 0.6 is 0 Å². The number of benzene rings is 1. The van der Waals surface area contributed by atoms with Gasteiger partial charge in [0.25, 0.3) is 0 Å². The molecular weight excluding hydrogens is 280 g/mol. The highest BCUT2D eigenvalue weighted by Gasteiger charge is 2.49. The molecule has 1 aromatic rings. The van der Waals surface area contributed by atoms with Gasteiger partial charge in [0.1, 0.15) is 5.75 Å². The predicted molar refractivity (Wildman–Crippen MR) is 83.7 cm³/mol. The highest BCUT2D eigenvalue weighted by atomic mass is 16.5. The van der Waals surface area contributed by atoms with Crippen LogP contribution in [0.15, 0.2) is 24.3 Å². The number of rotatable bonds is 5. The molecule has 1 aliphatic heterocycles. The summed E-state index contributed by atoms with van der Waals surface area (Å²) in [5.74, 6) is 0.612. The number of nitrogens with zero attached hydrogens (tertiary/aromatic N) is 1. The molecule has 2 aliphatic rings. The van der Waals surface area contributed by atoms with E-state index in [4.69, 9.17) is 4.74 Å². The Labute approximate surface area is 130 Å². The minimum Gasteiger partial charge on any atom is -0.494 e. The van der Waals surface area contributed by atoms with E-state index in [9.17, 15) is 9.59 Å². The van der Waals surface area contributed by atoms with Crippen LogP contribution in [-0.4, -0.2) is 36.4 Å². The second-order valence-corrected chi connectivity index (χ2v) is 5.93. The summed E-state index contributed by atoms with van der Waals surface area (Å²) in [6, 6.07) is 7.31. The van der Waals surface area contributed by atoms with Crippen molar-refractivity contribution in [1.29, 1.82) is 0 Å². The topological polar surface area (TPSA) is 58.6 Å². The highest BCUT2D eigenvalue weighted by Crippen LogP contribution is 2.41. The fraction of sp³-hybridized carbons (Fsp3) is 0.529. The van der Waals surface area contributed by atoms with E-state index in [1.165, 1.54) is 0 Å². The van der Waals surface area contributed by atoms with Crippen molar-refractivity contribution in [3.8, 4) is 5.75 Å². The molecule has 1 aromatic carbocycles. The van der Waals surface area contributed by atoms with Crippen LogP contribution < -0.4 is 10.1 Å². The largest absolute Gasteiger partial charge is 0.494 e. The van der Waals surface area contributed by atoms with E-state index in [0.29, 0.717) is 13.0 Å². The van der Waals surface area contributed by atoms with Crippen molar-refractivity contribution < 1.29 is 14.3 Å². The predicted octanol–water partition coefficient (Wildman–Crippen LogP) is 2.28. The molecule has 0 aromatic heterocycles. The van der Waals surface area contributed by atoms with E-state index < -0.39 is 0 Å². The summed E-state index contributed by atoms with van der Waals surface area (Å²) < 4.78 is 5.37. The molecule has 0 bridgehead atoms. The zero-order valence-electron chi connectivity index (χ0n) is 12.9. The first-order chi connectivity index (χ1) is 10.7. The lowest BCUT2D eigenvalue weighted by atomic mass is 10.2. The molecule has 1 aliphatic carbocycles. The maximum atomic E-state index is 12.2. The van der Waals surface area contributed by atoms with Gasteiger partial charge >= 0.3 is 0 Å². The van der Waals surface area contributed by atoms with Crippen molar-refractivity contribution in [2.24, 2.45) is 11.8 Å². The minimum absolute atomic E-state index is 0.0540. The van der Waals surface area contributed by atoms with Crippen molar-refractivity contribution >= 4 is 17.5 Å². The number of ether oxygens (including phenoxy) is 1. The first kappa shape index (κ1) is 14.9. The van der Waals surface area contributed by atoms with Crippen molar-refractivity contribution in [3.63, 3.8) is 0 Å². The quantitative estimate of drug-likeness (QED) is 0.908. The molecule has 2 atom stereocenters. The van der Waals surface area contributed by atoms with Crippen LogP contribution in [0.2, 0.25) is 0 Å². The number of nitrogens with one attached hydrogen (secondary N) is 1. The Morgan fingerprint density at radius 2 is 1.86 bits per heavy atom. The molecule has 0 spiro atoms. The fourth-order valence-corrected chi connectivity index (χ4v) is 2.97. The summed E-state index contributed by atoms with van der Waals surface area (Å²) in [7, 11) is 0. The molecule has 1 saturated heterocycles. The van der Waals surface area contributed by atoms with Gasteiger partial charge in [-0.1, -0.05) is 0 Å². The third-order valence-corrected chi connectivity index (χ3v) is 4.30. The number of amides is 2. The second-order valence-electron chi connectivity index (χ2n) is 5.93. The van der Waals surface area contributed by atoms with Crippen molar-refractivity contribution in [2.75, 3.05) is 25.0 Å². The van der Waals surface area contributed by atoms with Gasteiger partial charge in [0.2, 0.25) is 11.8 Å². The lowest BCUT2D eigenvalue weighted by Gasteiger charge is -2.14. The molecule has 5 nitrogen and oxygen atoms in total. The standard InChI is InChI=1S/C17H22N2O3/c1-2-22-13-7-5-12(6-8-13)18-16(20)14-11-15(14)17(21)19-9-3-4-10-19/h5-8,14-15H,2-4,9-11H2,1H3,(H,18,20). The smallest absolute Gasteiger partial charge is 0.228 e. The van der Waals surface area contributed by atoms with Gasteiger partial charge < -0.3 is 15.0 Å². The van der Waals surface area contributed by atoms with Gasteiger partial charge in [0.15, 0.2) is 0 Å². The van der Waals surface area contributed by atoms with Gasteiger partial charge in [0.05, 0.1) is 18.4 Å². The Hall–Kier alpha value is -2.04. The van der Waals surface area contributed by atoms with Crippen LogP contribution in [0.1, 0.15) is 26.2 Å². The molecule has 2 fully saturated rings. The molecule has 0 radical (unpaired) electrons. The Morgan fingerprint density at radius 1 is 1.18 bits per heavy atom. The van der Waals surface area contributed by atoms with Crippen LogP contribution in [0, 0.1) is 11.8 Å². The Morgan fingerprint density at radius 3 is 2.50 bits per heavy atom.